The van der Waals surface area contributed by atoms with E-state index in [1.165, 1.54) is 0 Å². The first-order chi connectivity index (χ1) is 19.9. The van der Waals surface area contributed by atoms with Crippen molar-refractivity contribution in [2.24, 2.45) is 0 Å². The Labute approximate surface area is 242 Å². The largest absolute Gasteiger partial charge is 0.507 e. The molecule has 0 aliphatic carbocycles. The van der Waals surface area contributed by atoms with Crippen molar-refractivity contribution >= 4 is 17.4 Å². The lowest BCUT2D eigenvalue weighted by Gasteiger charge is -2.27. The molecule has 0 spiro atoms. The molecule has 0 bridgehead atoms. The fourth-order valence-corrected chi connectivity index (χ4v) is 5.67. The van der Waals surface area contributed by atoms with E-state index in [9.17, 15) is 14.7 Å². The number of carbonyl (C=O) groups excluding carboxylic acids is 2. The summed E-state index contributed by atoms with van der Waals surface area (Å²) in [6.07, 6.45) is 1.50. The first-order valence-corrected chi connectivity index (χ1v) is 14.5. The van der Waals surface area contributed by atoms with Crippen molar-refractivity contribution in [3.63, 3.8) is 0 Å². The Balaban J connectivity index is 1.46. The number of Topliss-reactive ketones (excluding diaryl/α,β-unsaturated/α-hetero) is 1. The van der Waals surface area contributed by atoms with E-state index in [2.05, 4.69) is 18.7 Å². The molecule has 1 N–H and O–H groups in total. The standard InChI is InChI=1S/C34H38N2O5/c1-4-35(5-2)18-9-19-36-31(25-12-15-28(16-13-25)40-22-24-10-7-6-8-11-24)30(33(38)34(36)39)32(37)26-14-17-29-27(21-26)20-23(3)41-29/h6-8,10-17,21,23,31,37H,4-5,9,18-20,22H2,1-3H3/b32-30+/t23-,31+/m1/s1. The Kier molecular flexibility index (Phi) is 8.74. The Bertz CT molecular complexity index is 1410. The highest BCUT2D eigenvalue weighted by Crippen LogP contribution is 2.41. The number of hydrogen-bond acceptors (Lipinski definition) is 6. The number of fused-ring (bicyclic) bond motifs is 1. The SMILES string of the molecule is CCN(CC)CCCN1C(=O)C(=O)/C(=C(/O)c2ccc3c(c2)C[C@@H](C)O3)[C@@H]1c1ccc(OCc2ccccc2)cc1. The number of nitrogens with zero attached hydrogens (tertiary/aromatic N) is 2. The molecular weight excluding hydrogens is 516 g/mol. The number of carbonyl (C=O) groups is 2. The number of aliphatic hydroxyl groups excluding tert-OH is 1. The van der Waals surface area contributed by atoms with Gasteiger partial charge in [-0.25, -0.2) is 0 Å². The van der Waals surface area contributed by atoms with Crippen molar-refractivity contribution in [2.45, 2.75) is 52.4 Å². The minimum atomic E-state index is -0.696. The van der Waals surface area contributed by atoms with Gasteiger partial charge in [0.05, 0.1) is 11.6 Å². The molecule has 3 aromatic rings. The lowest BCUT2D eigenvalue weighted by atomic mass is 9.94. The van der Waals surface area contributed by atoms with Crippen LogP contribution in [0.2, 0.25) is 0 Å². The van der Waals surface area contributed by atoms with Crippen LogP contribution in [0.15, 0.2) is 78.4 Å². The van der Waals surface area contributed by atoms with E-state index in [0.717, 1.165) is 54.9 Å². The van der Waals surface area contributed by atoms with Gasteiger partial charge in [0.1, 0.15) is 30.0 Å². The van der Waals surface area contributed by atoms with Crippen molar-refractivity contribution in [3.8, 4) is 11.5 Å². The number of benzene rings is 3. The minimum absolute atomic E-state index is 0.0569. The van der Waals surface area contributed by atoms with Crippen LogP contribution in [0.4, 0.5) is 0 Å². The first kappa shape index (κ1) is 28.4. The third-order valence-electron chi connectivity index (χ3n) is 7.92. The third-order valence-corrected chi connectivity index (χ3v) is 7.92. The highest BCUT2D eigenvalue weighted by atomic mass is 16.5. The summed E-state index contributed by atoms with van der Waals surface area (Å²) in [6.45, 7) is 9.72. The molecule has 2 aliphatic heterocycles. The molecule has 3 aromatic carbocycles. The van der Waals surface area contributed by atoms with E-state index in [1.54, 1.807) is 11.0 Å². The molecule has 0 unspecified atom stereocenters. The second-order valence-electron chi connectivity index (χ2n) is 10.7. The van der Waals surface area contributed by atoms with Gasteiger partial charge in [0.25, 0.3) is 11.7 Å². The maximum atomic E-state index is 13.5. The summed E-state index contributed by atoms with van der Waals surface area (Å²) in [4.78, 5) is 30.7. The molecule has 2 atom stereocenters. The smallest absolute Gasteiger partial charge is 0.295 e. The fourth-order valence-electron chi connectivity index (χ4n) is 5.67. The van der Waals surface area contributed by atoms with Gasteiger partial charge in [0.2, 0.25) is 0 Å². The number of rotatable bonds is 11. The van der Waals surface area contributed by atoms with Gasteiger partial charge in [-0.2, -0.15) is 0 Å². The average Bonchev–Trinajstić information content (AvgIpc) is 3.49. The van der Waals surface area contributed by atoms with Crippen LogP contribution in [0.3, 0.4) is 0 Å². The zero-order valence-corrected chi connectivity index (χ0v) is 24.0. The molecule has 2 heterocycles. The van der Waals surface area contributed by atoms with Crippen LogP contribution in [0.25, 0.3) is 5.76 Å². The van der Waals surface area contributed by atoms with Crippen molar-refractivity contribution in [2.75, 3.05) is 26.2 Å². The number of ether oxygens (including phenoxy) is 2. The van der Waals surface area contributed by atoms with Gasteiger partial charge < -0.3 is 24.4 Å². The summed E-state index contributed by atoms with van der Waals surface area (Å²) in [7, 11) is 0. The Hall–Kier alpha value is -4.10. The van der Waals surface area contributed by atoms with Crippen molar-refractivity contribution in [1.29, 1.82) is 0 Å². The molecule has 0 saturated carbocycles. The molecule has 41 heavy (non-hydrogen) atoms. The average molecular weight is 555 g/mol. The molecule has 1 fully saturated rings. The highest BCUT2D eigenvalue weighted by molar-refractivity contribution is 6.46. The van der Waals surface area contributed by atoms with E-state index in [4.69, 9.17) is 9.47 Å². The second kappa shape index (κ2) is 12.6. The number of aliphatic hydroxyl groups is 1. The van der Waals surface area contributed by atoms with Crippen molar-refractivity contribution in [1.82, 2.24) is 9.80 Å². The lowest BCUT2D eigenvalue weighted by molar-refractivity contribution is -0.140. The number of hydrogen-bond donors (Lipinski definition) is 1. The van der Waals surface area contributed by atoms with Gasteiger partial charge in [-0.3, -0.25) is 9.59 Å². The predicted molar refractivity (Wildman–Crippen MR) is 159 cm³/mol. The molecule has 7 heteroatoms. The normalized spacial score (nSPS) is 19.5. The van der Waals surface area contributed by atoms with E-state index in [-0.39, 0.29) is 17.4 Å². The molecule has 5 rings (SSSR count). The third kappa shape index (κ3) is 6.15. The number of amides is 1. The monoisotopic (exact) mass is 554 g/mol. The predicted octanol–water partition coefficient (Wildman–Crippen LogP) is 5.74. The van der Waals surface area contributed by atoms with Crippen LogP contribution in [-0.2, 0) is 22.6 Å². The molecule has 214 valence electrons. The summed E-state index contributed by atoms with van der Waals surface area (Å²) in [5.74, 6) is 0.0622. The topological polar surface area (TPSA) is 79.3 Å². The minimum Gasteiger partial charge on any atom is -0.507 e. The Morgan fingerprint density at radius 2 is 1.76 bits per heavy atom. The Morgan fingerprint density at radius 3 is 2.46 bits per heavy atom. The Morgan fingerprint density at radius 1 is 1.02 bits per heavy atom. The number of likely N-dealkylation sites (tertiary alicyclic amines) is 1. The fraction of sp³-hybridized carbons (Fsp3) is 0.353. The van der Waals surface area contributed by atoms with Crippen molar-refractivity contribution < 1.29 is 24.2 Å². The van der Waals surface area contributed by atoms with E-state index >= 15 is 0 Å². The van der Waals surface area contributed by atoms with Gasteiger partial charge in [-0.1, -0.05) is 56.3 Å². The summed E-state index contributed by atoms with van der Waals surface area (Å²) < 4.78 is 11.8. The molecule has 1 amide bonds. The van der Waals surface area contributed by atoms with E-state index in [0.29, 0.717) is 24.5 Å². The van der Waals surface area contributed by atoms with Crippen LogP contribution in [-0.4, -0.2) is 58.9 Å². The second-order valence-corrected chi connectivity index (χ2v) is 10.7. The summed E-state index contributed by atoms with van der Waals surface area (Å²) >= 11 is 0. The molecule has 0 radical (unpaired) electrons. The van der Waals surface area contributed by atoms with Crippen LogP contribution in [0.5, 0.6) is 11.5 Å². The van der Waals surface area contributed by atoms with Crippen LogP contribution < -0.4 is 9.47 Å². The van der Waals surface area contributed by atoms with E-state index < -0.39 is 17.7 Å². The van der Waals surface area contributed by atoms with Gasteiger partial charge in [-0.05, 0) is 80.0 Å². The van der Waals surface area contributed by atoms with Crippen molar-refractivity contribution in [3.05, 3.63) is 101 Å². The molecule has 2 aliphatic rings. The first-order valence-electron chi connectivity index (χ1n) is 14.5. The summed E-state index contributed by atoms with van der Waals surface area (Å²) in [5.41, 5.74) is 3.41. The van der Waals surface area contributed by atoms with E-state index in [1.807, 2.05) is 73.7 Å². The molecular formula is C34H38N2O5. The summed E-state index contributed by atoms with van der Waals surface area (Å²) in [5, 5.41) is 11.5. The zero-order valence-electron chi connectivity index (χ0n) is 24.0. The van der Waals surface area contributed by atoms with Gasteiger partial charge in [0, 0.05) is 18.5 Å². The lowest BCUT2D eigenvalue weighted by Crippen LogP contribution is -2.33. The van der Waals surface area contributed by atoms with Gasteiger partial charge >= 0.3 is 0 Å². The zero-order chi connectivity index (χ0) is 28.9. The van der Waals surface area contributed by atoms with Crippen LogP contribution >= 0.6 is 0 Å². The van der Waals surface area contributed by atoms with Gasteiger partial charge in [0.15, 0.2) is 0 Å². The highest BCUT2D eigenvalue weighted by Gasteiger charge is 2.46. The van der Waals surface area contributed by atoms with Crippen LogP contribution in [0, 0.1) is 0 Å². The summed E-state index contributed by atoms with van der Waals surface area (Å²) in [6, 6.07) is 22.1. The molecule has 7 nitrogen and oxygen atoms in total. The molecule has 1 saturated heterocycles. The quantitative estimate of drug-likeness (QED) is 0.185. The van der Waals surface area contributed by atoms with Gasteiger partial charge in [-0.15, -0.1) is 0 Å². The number of ketones is 1. The molecule has 0 aromatic heterocycles. The maximum Gasteiger partial charge on any atom is 0.295 e. The maximum absolute atomic E-state index is 13.5. The van der Waals surface area contributed by atoms with Crippen LogP contribution in [0.1, 0.15) is 55.5 Å².